The number of nitrogens with zero attached hydrogens (tertiary/aromatic N) is 4. The maximum absolute atomic E-state index is 11.8. The van der Waals surface area contributed by atoms with Gasteiger partial charge in [-0.05, 0) is 6.92 Å². The molecule has 0 aliphatic carbocycles. The molecule has 2 heterocycles. The zero-order valence-electron chi connectivity index (χ0n) is 11.0. The predicted molar refractivity (Wildman–Crippen MR) is 71.8 cm³/mol. The Morgan fingerprint density at radius 3 is 2.90 bits per heavy atom. The van der Waals surface area contributed by atoms with Crippen molar-refractivity contribution in [1.82, 2.24) is 19.3 Å². The maximum atomic E-state index is 11.8. The molecule has 0 N–H and O–H groups in total. The molecule has 0 atom stereocenters. The third-order valence-electron chi connectivity index (χ3n) is 2.70. The molecular weight excluding hydrogens is 284 g/mol. The highest BCUT2D eigenvalue weighted by Crippen LogP contribution is 2.11. The fourth-order valence-corrected chi connectivity index (χ4v) is 1.90. The average Bonchev–Trinajstić information content (AvgIpc) is 2.76. The van der Waals surface area contributed by atoms with Gasteiger partial charge in [-0.1, -0.05) is 11.6 Å². The third kappa shape index (κ3) is 2.88. The number of esters is 1. The summed E-state index contributed by atoms with van der Waals surface area (Å²) >= 11 is 5.81. The summed E-state index contributed by atoms with van der Waals surface area (Å²) in [6, 6.07) is 0. The van der Waals surface area contributed by atoms with Crippen LogP contribution in [0.15, 0.2) is 23.4 Å². The van der Waals surface area contributed by atoms with Crippen LogP contribution in [0.25, 0.3) is 0 Å². The van der Waals surface area contributed by atoms with Gasteiger partial charge in [0.05, 0.1) is 36.3 Å². The normalized spacial score (nSPS) is 10.6. The van der Waals surface area contributed by atoms with Gasteiger partial charge < -0.3 is 4.74 Å². The summed E-state index contributed by atoms with van der Waals surface area (Å²) in [6.45, 7) is 2.13. The van der Waals surface area contributed by atoms with Crippen molar-refractivity contribution < 1.29 is 9.53 Å². The van der Waals surface area contributed by atoms with Gasteiger partial charge in [0.2, 0.25) is 0 Å². The van der Waals surface area contributed by atoms with E-state index in [2.05, 4.69) is 10.1 Å². The van der Waals surface area contributed by atoms with E-state index in [-0.39, 0.29) is 13.2 Å². The Morgan fingerprint density at radius 1 is 1.45 bits per heavy atom. The van der Waals surface area contributed by atoms with Gasteiger partial charge >= 0.3 is 11.7 Å². The van der Waals surface area contributed by atoms with Crippen molar-refractivity contribution in [3.8, 4) is 0 Å². The number of halogens is 1. The van der Waals surface area contributed by atoms with E-state index in [9.17, 15) is 9.59 Å². The topological polar surface area (TPSA) is 79.0 Å². The van der Waals surface area contributed by atoms with E-state index in [1.54, 1.807) is 14.0 Å². The number of aromatic nitrogens is 4. The van der Waals surface area contributed by atoms with Crippen LogP contribution in [-0.2, 0) is 18.3 Å². The lowest BCUT2D eigenvalue weighted by atomic mass is 10.2. The molecule has 20 heavy (non-hydrogen) atoms. The average molecular weight is 297 g/mol. The Balaban J connectivity index is 2.38. The zero-order valence-corrected chi connectivity index (χ0v) is 11.8. The number of hydrogen-bond acceptors (Lipinski definition) is 5. The van der Waals surface area contributed by atoms with Gasteiger partial charge in [0.1, 0.15) is 5.56 Å². The molecule has 0 amide bonds. The zero-order chi connectivity index (χ0) is 14.7. The summed E-state index contributed by atoms with van der Waals surface area (Å²) in [5, 5.41) is 4.35. The number of carbonyl (C=O) groups is 1. The van der Waals surface area contributed by atoms with Crippen LogP contribution < -0.4 is 5.69 Å². The minimum absolute atomic E-state index is 0.136. The fourth-order valence-electron chi connectivity index (χ4n) is 1.73. The largest absolute Gasteiger partial charge is 0.462 e. The van der Waals surface area contributed by atoms with Gasteiger partial charge in [-0.3, -0.25) is 9.25 Å². The van der Waals surface area contributed by atoms with Crippen LogP contribution in [0.2, 0.25) is 5.02 Å². The van der Waals surface area contributed by atoms with Crippen molar-refractivity contribution in [2.75, 3.05) is 6.61 Å². The molecule has 0 bridgehead atoms. The number of hydrogen-bond donors (Lipinski definition) is 0. The highest BCUT2D eigenvalue weighted by molar-refractivity contribution is 6.30. The summed E-state index contributed by atoms with van der Waals surface area (Å²) in [4.78, 5) is 27.1. The molecule has 0 aliphatic heterocycles. The Bertz CT molecular complexity index is 692. The van der Waals surface area contributed by atoms with Crippen molar-refractivity contribution in [1.29, 1.82) is 0 Å². The minimum Gasteiger partial charge on any atom is -0.462 e. The number of rotatable bonds is 4. The second kappa shape index (κ2) is 5.87. The first-order valence-electron chi connectivity index (χ1n) is 5.93. The number of ether oxygens (including phenoxy) is 1. The summed E-state index contributed by atoms with van der Waals surface area (Å²) in [7, 11) is 1.68. The van der Waals surface area contributed by atoms with Crippen molar-refractivity contribution >= 4 is 17.6 Å². The van der Waals surface area contributed by atoms with Crippen molar-refractivity contribution in [2.45, 2.75) is 13.5 Å². The van der Waals surface area contributed by atoms with Crippen molar-refractivity contribution in [3.05, 3.63) is 45.4 Å². The van der Waals surface area contributed by atoms with E-state index in [1.807, 2.05) is 0 Å². The molecule has 0 saturated carbocycles. The van der Waals surface area contributed by atoms with Gasteiger partial charge in [-0.25, -0.2) is 14.6 Å². The molecule has 0 aromatic carbocycles. The number of aryl methyl sites for hydroxylation is 1. The first kappa shape index (κ1) is 14.3. The fraction of sp³-hybridized carbons (Fsp3) is 0.333. The quantitative estimate of drug-likeness (QED) is 0.782. The first-order valence-corrected chi connectivity index (χ1v) is 6.30. The molecule has 0 aliphatic rings. The molecule has 2 rings (SSSR count). The molecule has 0 spiro atoms. The van der Waals surface area contributed by atoms with E-state index in [4.69, 9.17) is 16.3 Å². The van der Waals surface area contributed by atoms with Gasteiger partial charge in [0.15, 0.2) is 0 Å². The summed E-state index contributed by atoms with van der Waals surface area (Å²) in [6.07, 6.45) is 4.14. The highest BCUT2D eigenvalue weighted by Gasteiger charge is 2.18. The van der Waals surface area contributed by atoms with E-state index in [0.29, 0.717) is 16.3 Å². The van der Waals surface area contributed by atoms with Gasteiger partial charge in [0, 0.05) is 13.2 Å². The van der Waals surface area contributed by atoms with E-state index in [1.165, 1.54) is 27.8 Å². The molecule has 0 saturated heterocycles. The molecule has 7 nitrogen and oxygen atoms in total. The Morgan fingerprint density at radius 2 is 2.20 bits per heavy atom. The highest BCUT2D eigenvalue weighted by atomic mass is 35.5. The Labute approximate surface area is 119 Å². The molecular formula is C12H13ClN4O3. The van der Waals surface area contributed by atoms with E-state index in [0.717, 1.165) is 0 Å². The van der Waals surface area contributed by atoms with Crippen LogP contribution in [0.3, 0.4) is 0 Å². The molecule has 2 aromatic rings. The summed E-state index contributed by atoms with van der Waals surface area (Å²) < 4.78 is 7.77. The van der Waals surface area contributed by atoms with Crippen LogP contribution in [-0.4, -0.2) is 31.9 Å². The van der Waals surface area contributed by atoms with E-state index < -0.39 is 11.7 Å². The molecule has 2 aromatic heterocycles. The van der Waals surface area contributed by atoms with E-state index >= 15 is 0 Å². The second-order valence-electron chi connectivity index (χ2n) is 4.03. The minimum atomic E-state index is -0.473. The van der Waals surface area contributed by atoms with Gasteiger partial charge in [0.25, 0.3) is 0 Å². The summed E-state index contributed by atoms with van der Waals surface area (Å²) in [5.41, 5.74) is 0.418. The van der Waals surface area contributed by atoms with Gasteiger partial charge in [-0.2, -0.15) is 5.10 Å². The SMILES string of the molecule is CCOC(=O)c1cnn(C)c1Cn1cc(Cl)cnc1=O. The molecule has 0 radical (unpaired) electrons. The van der Waals surface area contributed by atoms with Crippen LogP contribution in [0, 0.1) is 0 Å². The first-order chi connectivity index (χ1) is 9.52. The monoisotopic (exact) mass is 296 g/mol. The molecule has 0 unspecified atom stereocenters. The van der Waals surface area contributed by atoms with Gasteiger partial charge in [-0.15, -0.1) is 0 Å². The Hall–Kier alpha value is -2.15. The second-order valence-corrected chi connectivity index (χ2v) is 4.47. The standard InChI is InChI=1S/C12H13ClN4O3/c1-3-20-11(18)9-5-15-16(2)10(9)7-17-6-8(13)4-14-12(17)19/h4-6H,3,7H2,1-2H3. The molecule has 106 valence electrons. The molecule has 8 heteroatoms. The lowest BCUT2D eigenvalue weighted by Gasteiger charge is -2.08. The van der Waals surface area contributed by atoms with Crippen LogP contribution >= 0.6 is 11.6 Å². The third-order valence-corrected chi connectivity index (χ3v) is 2.90. The van der Waals surface area contributed by atoms with Crippen LogP contribution in [0.4, 0.5) is 0 Å². The smallest absolute Gasteiger partial charge is 0.347 e. The lowest BCUT2D eigenvalue weighted by Crippen LogP contribution is -2.24. The lowest BCUT2D eigenvalue weighted by molar-refractivity contribution is 0.0524. The number of carbonyl (C=O) groups excluding carboxylic acids is 1. The van der Waals surface area contributed by atoms with Crippen molar-refractivity contribution in [2.24, 2.45) is 7.05 Å². The summed E-state index contributed by atoms with van der Waals surface area (Å²) in [5.74, 6) is -0.473. The maximum Gasteiger partial charge on any atom is 0.347 e. The Kier molecular flexibility index (Phi) is 4.19. The predicted octanol–water partition coefficient (Wildman–Crippen LogP) is 0.855. The van der Waals surface area contributed by atoms with Crippen LogP contribution in [0.5, 0.6) is 0 Å². The van der Waals surface area contributed by atoms with Crippen molar-refractivity contribution in [3.63, 3.8) is 0 Å². The molecule has 0 fully saturated rings. The van der Waals surface area contributed by atoms with Crippen LogP contribution in [0.1, 0.15) is 23.0 Å².